The van der Waals surface area contributed by atoms with E-state index in [0.717, 1.165) is 28.8 Å². The van der Waals surface area contributed by atoms with Gasteiger partial charge in [0.1, 0.15) is 0 Å². The Kier molecular flexibility index (Phi) is 3.80. The van der Waals surface area contributed by atoms with E-state index in [1.807, 2.05) is 48.5 Å². The molecule has 0 fully saturated rings. The second kappa shape index (κ2) is 5.74. The SMILES string of the molecule is NC1=CCc2ccc(C(=O)CCc3cccc(Cl)c3)cc21. The second-order valence-corrected chi connectivity index (χ2v) is 5.73. The number of carbonyl (C=O) groups is 1. The molecule has 0 heterocycles. The van der Waals surface area contributed by atoms with E-state index in [2.05, 4.69) is 0 Å². The fraction of sp³-hybridized carbons (Fsp3) is 0.167. The maximum atomic E-state index is 12.3. The Bertz CT molecular complexity index is 734. The lowest BCUT2D eigenvalue weighted by molar-refractivity contribution is 0.0983. The van der Waals surface area contributed by atoms with Gasteiger partial charge in [-0.1, -0.05) is 41.9 Å². The molecular weight excluding hydrogens is 282 g/mol. The summed E-state index contributed by atoms with van der Waals surface area (Å²) in [4.78, 5) is 12.3. The number of nitrogens with two attached hydrogens (primary N) is 1. The van der Waals surface area contributed by atoms with Gasteiger partial charge in [-0.25, -0.2) is 0 Å². The first kappa shape index (κ1) is 13.9. The standard InChI is InChI=1S/C18H16ClNO/c19-15-3-1-2-12(10-15)4-9-18(21)14-6-5-13-7-8-17(20)16(13)11-14/h1-3,5-6,8,10-11H,4,7,9,20H2. The molecule has 1 aliphatic rings. The minimum Gasteiger partial charge on any atom is -0.398 e. The lowest BCUT2D eigenvalue weighted by atomic mass is 9.99. The first-order chi connectivity index (χ1) is 10.1. The molecule has 2 N–H and O–H groups in total. The molecule has 0 spiro atoms. The van der Waals surface area contributed by atoms with Crippen LogP contribution in [0.1, 0.15) is 33.5 Å². The van der Waals surface area contributed by atoms with Crippen molar-refractivity contribution in [3.63, 3.8) is 0 Å². The number of carbonyl (C=O) groups excluding carboxylic acids is 1. The highest BCUT2D eigenvalue weighted by Crippen LogP contribution is 2.25. The van der Waals surface area contributed by atoms with E-state index in [1.165, 1.54) is 5.56 Å². The van der Waals surface area contributed by atoms with E-state index in [0.29, 0.717) is 17.9 Å². The van der Waals surface area contributed by atoms with Crippen LogP contribution in [0, 0.1) is 0 Å². The molecule has 0 saturated carbocycles. The molecule has 2 aromatic carbocycles. The van der Waals surface area contributed by atoms with Crippen molar-refractivity contribution >= 4 is 23.1 Å². The summed E-state index contributed by atoms with van der Waals surface area (Å²) in [7, 11) is 0. The minimum absolute atomic E-state index is 0.137. The Morgan fingerprint density at radius 1 is 1.19 bits per heavy atom. The van der Waals surface area contributed by atoms with Crippen LogP contribution < -0.4 is 5.73 Å². The van der Waals surface area contributed by atoms with Gasteiger partial charge >= 0.3 is 0 Å². The van der Waals surface area contributed by atoms with Crippen LogP contribution in [0.3, 0.4) is 0 Å². The number of allylic oxidation sites excluding steroid dienone is 1. The second-order valence-electron chi connectivity index (χ2n) is 5.29. The number of aryl methyl sites for hydroxylation is 1. The molecule has 2 nitrogen and oxygen atoms in total. The van der Waals surface area contributed by atoms with Gasteiger partial charge < -0.3 is 5.73 Å². The smallest absolute Gasteiger partial charge is 0.163 e. The number of benzene rings is 2. The predicted molar refractivity (Wildman–Crippen MR) is 86.4 cm³/mol. The first-order valence-corrected chi connectivity index (χ1v) is 7.38. The highest BCUT2D eigenvalue weighted by atomic mass is 35.5. The van der Waals surface area contributed by atoms with Gasteiger partial charge in [0.2, 0.25) is 0 Å². The summed E-state index contributed by atoms with van der Waals surface area (Å²) in [6.45, 7) is 0. The number of Topliss-reactive ketones (excluding diaryl/α,β-unsaturated/α-hetero) is 1. The molecule has 3 heteroatoms. The average molecular weight is 298 g/mol. The van der Waals surface area contributed by atoms with Crippen LogP contribution >= 0.6 is 11.6 Å². The molecule has 2 aromatic rings. The molecular formula is C18H16ClNO. The van der Waals surface area contributed by atoms with E-state index in [4.69, 9.17) is 17.3 Å². The van der Waals surface area contributed by atoms with Gasteiger partial charge in [0.05, 0.1) is 0 Å². The summed E-state index contributed by atoms with van der Waals surface area (Å²) in [5.74, 6) is 0.137. The van der Waals surface area contributed by atoms with Gasteiger partial charge in [0.15, 0.2) is 5.78 Å². The van der Waals surface area contributed by atoms with Crippen molar-refractivity contribution in [3.8, 4) is 0 Å². The zero-order valence-electron chi connectivity index (χ0n) is 11.6. The van der Waals surface area contributed by atoms with Crippen LogP contribution in [-0.4, -0.2) is 5.78 Å². The van der Waals surface area contributed by atoms with Crippen LogP contribution in [0.15, 0.2) is 48.5 Å². The van der Waals surface area contributed by atoms with Crippen LogP contribution in [0.25, 0.3) is 5.70 Å². The van der Waals surface area contributed by atoms with Crippen LogP contribution in [-0.2, 0) is 12.8 Å². The Hall–Kier alpha value is -2.06. The molecule has 0 bridgehead atoms. The predicted octanol–water partition coefficient (Wildman–Crippen LogP) is 4.01. The third kappa shape index (κ3) is 3.01. The largest absolute Gasteiger partial charge is 0.398 e. The number of rotatable bonds is 4. The lowest BCUT2D eigenvalue weighted by Crippen LogP contribution is -2.03. The maximum Gasteiger partial charge on any atom is 0.163 e. The third-order valence-corrected chi connectivity index (χ3v) is 4.05. The molecule has 106 valence electrons. The molecule has 0 aromatic heterocycles. The number of ketones is 1. The number of hydrogen-bond donors (Lipinski definition) is 1. The molecule has 0 amide bonds. The van der Waals surface area contributed by atoms with Gasteiger partial charge in [-0.3, -0.25) is 4.79 Å². The Labute approximate surface area is 129 Å². The molecule has 3 rings (SSSR count). The summed E-state index contributed by atoms with van der Waals surface area (Å²) >= 11 is 5.95. The van der Waals surface area contributed by atoms with Crippen molar-refractivity contribution in [2.75, 3.05) is 0 Å². The van der Waals surface area contributed by atoms with Crippen LogP contribution in [0.2, 0.25) is 5.02 Å². The Morgan fingerprint density at radius 2 is 2.05 bits per heavy atom. The highest BCUT2D eigenvalue weighted by molar-refractivity contribution is 6.30. The lowest BCUT2D eigenvalue weighted by Gasteiger charge is -2.06. The average Bonchev–Trinajstić information content (AvgIpc) is 2.86. The summed E-state index contributed by atoms with van der Waals surface area (Å²) in [6, 6.07) is 13.4. The van der Waals surface area contributed by atoms with Gasteiger partial charge in [-0.2, -0.15) is 0 Å². The fourth-order valence-corrected chi connectivity index (χ4v) is 2.83. The highest BCUT2D eigenvalue weighted by Gasteiger charge is 2.14. The minimum atomic E-state index is 0.137. The molecule has 1 aliphatic carbocycles. The molecule has 21 heavy (non-hydrogen) atoms. The Balaban J connectivity index is 1.71. The molecule has 0 atom stereocenters. The Morgan fingerprint density at radius 3 is 2.86 bits per heavy atom. The molecule has 0 unspecified atom stereocenters. The molecule has 0 radical (unpaired) electrons. The van der Waals surface area contributed by atoms with Gasteiger partial charge in [0.25, 0.3) is 0 Å². The monoisotopic (exact) mass is 297 g/mol. The molecule has 0 aliphatic heterocycles. The summed E-state index contributed by atoms with van der Waals surface area (Å²) in [5, 5.41) is 0.704. The van der Waals surface area contributed by atoms with Crippen molar-refractivity contribution in [2.24, 2.45) is 5.73 Å². The summed E-state index contributed by atoms with van der Waals surface area (Å²) < 4.78 is 0. The number of hydrogen-bond acceptors (Lipinski definition) is 2. The quantitative estimate of drug-likeness (QED) is 0.866. The third-order valence-electron chi connectivity index (χ3n) is 3.81. The van der Waals surface area contributed by atoms with E-state index >= 15 is 0 Å². The fourth-order valence-electron chi connectivity index (χ4n) is 2.62. The van der Waals surface area contributed by atoms with Crippen LogP contribution in [0.5, 0.6) is 0 Å². The van der Waals surface area contributed by atoms with Crippen molar-refractivity contribution in [1.82, 2.24) is 0 Å². The van der Waals surface area contributed by atoms with Crippen molar-refractivity contribution in [3.05, 3.63) is 75.8 Å². The zero-order chi connectivity index (χ0) is 14.8. The van der Waals surface area contributed by atoms with Gasteiger partial charge in [-0.15, -0.1) is 0 Å². The van der Waals surface area contributed by atoms with Crippen molar-refractivity contribution < 1.29 is 4.79 Å². The maximum absolute atomic E-state index is 12.3. The van der Waals surface area contributed by atoms with E-state index in [-0.39, 0.29) is 5.78 Å². The number of halogens is 1. The summed E-state index contributed by atoms with van der Waals surface area (Å²) in [6.07, 6.45) is 4.02. The van der Waals surface area contributed by atoms with Crippen molar-refractivity contribution in [1.29, 1.82) is 0 Å². The van der Waals surface area contributed by atoms with Crippen LogP contribution in [0.4, 0.5) is 0 Å². The van der Waals surface area contributed by atoms with E-state index in [1.54, 1.807) is 0 Å². The van der Waals surface area contributed by atoms with Gasteiger partial charge in [-0.05, 0) is 42.2 Å². The normalized spacial score (nSPS) is 12.9. The zero-order valence-corrected chi connectivity index (χ0v) is 12.4. The van der Waals surface area contributed by atoms with Crippen molar-refractivity contribution in [2.45, 2.75) is 19.3 Å². The number of fused-ring (bicyclic) bond motifs is 1. The summed E-state index contributed by atoms with van der Waals surface area (Å²) in [5.41, 5.74) is 10.7. The van der Waals surface area contributed by atoms with E-state index in [9.17, 15) is 4.79 Å². The van der Waals surface area contributed by atoms with Gasteiger partial charge in [0, 0.05) is 28.3 Å². The first-order valence-electron chi connectivity index (χ1n) is 7.00. The molecule has 0 saturated heterocycles. The topological polar surface area (TPSA) is 43.1 Å². The van der Waals surface area contributed by atoms with E-state index < -0.39 is 0 Å².